The molecule has 0 aliphatic heterocycles. The fraction of sp³-hybridized carbons (Fsp3) is 0.417. The van der Waals surface area contributed by atoms with Gasteiger partial charge in [-0.15, -0.1) is 0 Å². The van der Waals surface area contributed by atoms with E-state index in [1.807, 2.05) is 19.1 Å². The first-order valence-corrected chi connectivity index (χ1v) is 13.0. The SMILES string of the molecule is CCCNC(=O)[C@@H](C)N(Cc1cccc(Cl)c1)C(=O)CN(c1c(C)cccc1C)S(C)(=O)=O. The van der Waals surface area contributed by atoms with Gasteiger partial charge in [0, 0.05) is 18.1 Å². The standard InChI is InChI=1S/C24H32ClN3O4S/c1-6-13-26-24(30)19(4)27(15-20-11-8-12-21(25)14-20)22(29)16-28(33(5,31)32)23-17(2)9-7-10-18(23)3/h7-12,14,19H,6,13,15-16H2,1-5H3,(H,26,30)/t19-/m1/s1. The number of carbonyl (C=O) groups excluding carboxylic acids is 2. The van der Waals surface area contributed by atoms with Crippen molar-refractivity contribution in [2.45, 2.75) is 46.7 Å². The van der Waals surface area contributed by atoms with Gasteiger partial charge in [-0.25, -0.2) is 8.42 Å². The summed E-state index contributed by atoms with van der Waals surface area (Å²) in [5.74, 6) is -0.785. The lowest BCUT2D eigenvalue weighted by molar-refractivity contribution is -0.139. The number of hydrogen-bond donors (Lipinski definition) is 1. The summed E-state index contributed by atoms with van der Waals surface area (Å²) in [7, 11) is -3.77. The first-order chi connectivity index (χ1) is 15.5. The van der Waals surface area contributed by atoms with E-state index in [4.69, 9.17) is 11.6 Å². The molecule has 0 bridgehead atoms. The average Bonchev–Trinajstić information content (AvgIpc) is 2.73. The van der Waals surface area contributed by atoms with E-state index in [2.05, 4.69) is 5.32 Å². The maximum Gasteiger partial charge on any atom is 0.244 e. The van der Waals surface area contributed by atoms with Crippen molar-refractivity contribution in [3.05, 3.63) is 64.2 Å². The van der Waals surface area contributed by atoms with Crippen molar-refractivity contribution < 1.29 is 18.0 Å². The molecule has 180 valence electrons. The molecule has 0 radical (unpaired) electrons. The highest BCUT2D eigenvalue weighted by atomic mass is 35.5. The highest BCUT2D eigenvalue weighted by Gasteiger charge is 2.31. The molecule has 9 heteroatoms. The minimum Gasteiger partial charge on any atom is -0.354 e. The normalized spacial score (nSPS) is 12.2. The largest absolute Gasteiger partial charge is 0.354 e. The smallest absolute Gasteiger partial charge is 0.244 e. The van der Waals surface area contributed by atoms with Crippen LogP contribution in [-0.2, 0) is 26.2 Å². The average molecular weight is 494 g/mol. The predicted molar refractivity (Wildman–Crippen MR) is 133 cm³/mol. The molecule has 7 nitrogen and oxygen atoms in total. The Kier molecular flexibility index (Phi) is 9.31. The number of nitrogens with one attached hydrogen (secondary N) is 1. The summed E-state index contributed by atoms with van der Waals surface area (Å²) in [6.45, 7) is 7.36. The summed E-state index contributed by atoms with van der Waals surface area (Å²) in [5, 5.41) is 3.32. The number of para-hydroxylation sites is 1. The van der Waals surface area contributed by atoms with Crippen molar-refractivity contribution >= 4 is 39.1 Å². The van der Waals surface area contributed by atoms with Crippen LogP contribution in [0.25, 0.3) is 0 Å². The molecule has 2 rings (SSSR count). The lowest BCUT2D eigenvalue weighted by atomic mass is 10.1. The van der Waals surface area contributed by atoms with Crippen molar-refractivity contribution in [2.75, 3.05) is 23.7 Å². The zero-order chi connectivity index (χ0) is 24.8. The lowest BCUT2D eigenvalue weighted by Gasteiger charge is -2.32. The monoisotopic (exact) mass is 493 g/mol. The topological polar surface area (TPSA) is 86.8 Å². The van der Waals surface area contributed by atoms with E-state index in [9.17, 15) is 18.0 Å². The molecule has 0 unspecified atom stereocenters. The minimum absolute atomic E-state index is 0.116. The van der Waals surface area contributed by atoms with Crippen LogP contribution < -0.4 is 9.62 Å². The Morgan fingerprint density at radius 1 is 1.09 bits per heavy atom. The van der Waals surface area contributed by atoms with Gasteiger partial charge in [-0.1, -0.05) is 48.9 Å². The number of amides is 2. The highest BCUT2D eigenvalue weighted by Crippen LogP contribution is 2.27. The van der Waals surface area contributed by atoms with Crippen LogP contribution in [-0.4, -0.2) is 50.5 Å². The quantitative estimate of drug-likeness (QED) is 0.547. The van der Waals surface area contributed by atoms with Crippen molar-refractivity contribution in [3.8, 4) is 0 Å². The molecule has 0 spiro atoms. The van der Waals surface area contributed by atoms with Crippen LogP contribution in [0.3, 0.4) is 0 Å². The summed E-state index contributed by atoms with van der Waals surface area (Å²) in [5.41, 5.74) is 2.69. The molecule has 0 saturated heterocycles. The zero-order valence-corrected chi connectivity index (χ0v) is 21.3. The van der Waals surface area contributed by atoms with Gasteiger partial charge in [0.2, 0.25) is 21.8 Å². The van der Waals surface area contributed by atoms with E-state index in [1.54, 1.807) is 51.1 Å². The lowest BCUT2D eigenvalue weighted by Crippen LogP contribution is -2.51. The first-order valence-electron chi connectivity index (χ1n) is 10.8. The molecular formula is C24H32ClN3O4S. The minimum atomic E-state index is -3.77. The van der Waals surface area contributed by atoms with E-state index < -0.39 is 28.5 Å². The zero-order valence-electron chi connectivity index (χ0n) is 19.8. The molecule has 0 aliphatic carbocycles. The van der Waals surface area contributed by atoms with E-state index in [-0.39, 0.29) is 12.5 Å². The van der Waals surface area contributed by atoms with Gasteiger partial charge in [0.25, 0.3) is 0 Å². The van der Waals surface area contributed by atoms with Gasteiger partial charge >= 0.3 is 0 Å². The molecule has 0 aliphatic rings. The Morgan fingerprint density at radius 3 is 2.24 bits per heavy atom. The van der Waals surface area contributed by atoms with Gasteiger partial charge in [0.15, 0.2) is 0 Å². The van der Waals surface area contributed by atoms with E-state index in [0.29, 0.717) is 17.3 Å². The first kappa shape index (κ1) is 26.7. The molecule has 0 saturated carbocycles. The van der Waals surface area contributed by atoms with Crippen LogP contribution in [0.1, 0.15) is 37.0 Å². The number of aryl methyl sites for hydroxylation is 2. The van der Waals surface area contributed by atoms with Crippen LogP contribution in [0.2, 0.25) is 5.02 Å². The number of benzene rings is 2. The predicted octanol–water partition coefficient (Wildman–Crippen LogP) is 3.67. The van der Waals surface area contributed by atoms with Gasteiger partial charge in [0.05, 0.1) is 11.9 Å². The van der Waals surface area contributed by atoms with Crippen LogP contribution in [0.5, 0.6) is 0 Å². The summed E-state index contributed by atoms with van der Waals surface area (Å²) < 4.78 is 26.5. The molecule has 2 amide bonds. The van der Waals surface area contributed by atoms with E-state index in [1.165, 1.54) is 4.90 Å². The maximum atomic E-state index is 13.5. The summed E-state index contributed by atoms with van der Waals surface area (Å²) in [6.07, 6.45) is 1.83. The van der Waals surface area contributed by atoms with Crippen LogP contribution in [0.15, 0.2) is 42.5 Å². The van der Waals surface area contributed by atoms with Crippen LogP contribution >= 0.6 is 11.6 Å². The molecule has 0 heterocycles. The highest BCUT2D eigenvalue weighted by molar-refractivity contribution is 7.92. The molecule has 2 aromatic rings. The molecule has 1 atom stereocenters. The molecule has 0 aromatic heterocycles. The van der Waals surface area contributed by atoms with Crippen molar-refractivity contribution in [1.29, 1.82) is 0 Å². The molecule has 0 fully saturated rings. The maximum absolute atomic E-state index is 13.5. The fourth-order valence-corrected chi connectivity index (χ4v) is 4.76. The molecular weight excluding hydrogens is 462 g/mol. The number of hydrogen-bond acceptors (Lipinski definition) is 4. The number of rotatable bonds is 10. The molecule has 33 heavy (non-hydrogen) atoms. The summed E-state index contributed by atoms with van der Waals surface area (Å²) >= 11 is 6.11. The number of carbonyl (C=O) groups is 2. The van der Waals surface area contributed by atoms with E-state index >= 15 is 0 Å². The third-order valence-electron chi connectivity index (χ3n) is 5.33. The Hall–Kier alpha value is -2.58. The Bertz CT molecular complexity index is 1080. The second kappa shape index (κ2) is 11.5. The van der Waals surface area contributed by atoms with Gasteiger partial charge in [-0.05, 0) is 56.0 Å². The second-order valence-corrected chi connectivity index (χ2v) is 10.5. The van der Waals surface area contributed by atoms with Crippen molar-refractivity contribution in [3.63, 3.8) is 0 Å². The second-order valence-electron chi connectivity index (χ2n) is 8.13. The molecule has 2 aromatic carbocycles. The van der Waals surface area contributed by atoms with Gasteiger partial charge in [-0.3, -0.25) is 13.9 Å². The van der Waals surface area contributed by atoms with Gasteiger partial charge < -0.3 is 10.2 Å². The fourth-order valence-electron chi connectivity index (χ4n) is 3.59. The number of nitrogens with zero attached hydrogens (tertiary/aromatic N) is 2. The third-order valence-corrected chi connectivity index (χ3v) is 6.67. The van der Waals surface area contributed by atoms with Crippen molar-refractivity contribution in [1.82, 2.24) is 10.2 Å². The van der Waals surface area contributed by atoms with Gasteiger partial charge in [-0.2, -0.15) is 0 Å². The van der Waals surface area contributed by atoms with Gasteiger partial charge in [0.1, 0.15) is 12.6 Å². The van der Waals surface area contributed by atoms with Crippen LogP contribution in [0.4, 0.5) is 5.69 Å². The van der Waals surface area contributed by atoms with E-state index in [0.717, 1.165) is 33.7 Å². The number of halogens is 1. The Balaban J connectivity index is 2.43. The number of sulfonamides is 1. The Labute approximate surface area is 201 Å². The summed E-state index contributed by atoms with van der Waals surface area (Å²) in [4.78, 5) is 27.6. The third kappa shape index (κ3) is 7.20. The summed E-state index contributed by atoms with van der Waals surface area (Å²) in [6, 6.07) is 11.7. The Morgan fingerprint density at radius 2 is 1.70 bits per heavy atom. The van der Waals surface area contributed by atoms with Crippen molar-refractivity contribution in [2.24, 2.45) is 0 Å². The van der Waals surface area contributed by atoms with Crippen LogP contribution in [0, 0.1) is 13.8 Å². The number of anilines is 1. The molecule has 1 N–H and O–H groups in total.